The Labute approximate surface area is 138 Å². The number of aromatic nitrogens is 2. The maximum Gasteiger partial charge on any atom is 0.241 e. The Balaban J connectivity index is 1.73. The highest BCUT2D eigenvalue weighted by atomic mass is 19.1. The van der Waals surface area contributed by atoms with Crippen LogP contribution in [0.5, 0.6) is 5.88 Å². The monoisotopic (exact) mass is 329 g/mol. The summed E-state index contributed by atoms with van der Waals surface area (Å²) in [5.74, 6) is -0.342. The summed E-state index contributed by atoms with van der Waals surface area (Å²) in [4.78, 5) is 0. The predicted octanol–water partition coefficient (Wildman–Crippen LogP) is 3.29. The van der Waals surface area contributed by atoms with E-state index < -0.39 is 11.6 Å². The Morgan fingerprint density at radius 2 is 2.08 bits per heavy atom. The molecule has 1 aliphatic heterocycles. The molecule has 3 aromatic rings. The van der Waals surface area contributed by atoms with Crippen LogP contribution in [0.4, 0.5) is 8.78 Å². The Kier molecular flexibility index (Phi) is 3.90. The molecule has 0 unspecified atom stereocenters. The molecule has 0 aliphatic carbocycles. The molecule has 124 valence electrons. The van der Waals surface area contributed by atoms with Crippen LogP contribution in [0.1, 0.15) is 6.42 Å². The van der Waals surface area contributed by atoms with Crippen LogP contribution in [-0.2, 0) is 0 Å². The lowest BCUT2D eigenvalue weighted by Gasteiger charge is -2.08. The Morgan fingerprint density at radius 3 is 2.88 bits per heavy atom. The van der Waals surface area contributed by atoms with Crippen molar-refractivity contribution in [3.05, 3.63) is 54.1 Å². The number of rotatable bonds is 4. The molecule has 2 aromatic carbocycles. The summed E-state index contributed by atoms with van der Waals surface area (Å²) in [5.41, 5.74) is 0.924. The molecule has 24 heavy (non-hydrogen) atoms. The molecule has 1 atom stereocenters. The van der Waals surface area contributed by atoms with E-state index in [4.69, 9.17) is 4.74 Å². The first-order valence-corrected chi connectivity index (χ1v) is 7.99. The van der Waals surface area contributed by atoms with E-state index in [-0.39, 0.29) is 5.69 Å². The summed E-state index contributed by atoms with van der Waals surface area (Å²) in [6.07, 6.45) is 1.07. The summed E-state index contributed by atoms with van der Waals surface area (Å²) >= 11 is 0. The fourth-order valence-electron chi connectivity index (χ4n) is 3.03. The number of hydrogen-bond acceptors (Lipinski definition) is 3. The number of fused-ring (bicyclic) bond motifs is 1. The van der Waals surface area contributed by atoms with Crippen LogP contribution in [0, 0.1) is 17.6 Å². The minimum Gasteiger partial charge on any atom is -0.476 e. The van der Waals surface area contributed by atoms with E-state index in [0.29, 0.717) is 18.4 Å². The Hall–Kier alpha value is -2.47. The van der Waals surface area contributed by atoms with Gasteiger partial charge in [0.05, 0.1) is 17.5 Å². The van der Waals surface area contributed by atoms with Gasteiger partial charge in [-0.15, -0.1) is 5.10 Å². The predicted molar refractivity (Wildman–Crippen MR) is 87.5 cm³/mol. The van der Waals surface area contributed by atoms with Gasteiger partial charge in [0.15, 0.2) is 5.82 Å². The van der Waals surface area contributed by atoms with E-state index >= 15 is 0 Å². The molecule has 2 heterocycles. The lowest BCUT2D eigenvalue weighted by Crippen LogP contribution is -2.15. The number of para-hydroxylation sites is 1. The lowest BCUT2D eigenvalue weighted by atomic mass is 10.1. The topological polar surface area (TPSA) is 39.1 Å². The lowest BCUT2D eigenvalue weighted by molar-refractivity contribution is 0.252. The molecule has 1 aromatic heterocycles. The van der Waals surface area contributed by atoms with Crippen molar-refractivity contribution in [2.45, 2.75) is 6.42 Å². The third-order valence-electron chi connectivity index (χ3n) is 4.31. The average Bonchev–Trinajstić information content (AvgIpc) is 3.21. The van der Waals surface area contributed by atoms with Gasteiger partial charge in [-0.3, -0.25) is 0 Å². The molecule has 6 heteroatoms. The van der Waals surface area contributed by atoms with Gasteiger partial charge in [0.2, 0.25) is 5.88 Å². The molecule has 1 fully saturated rings. The van der Waals surface area contributed by atoms with E-state index in [2.05, 4.69) is 10.4 Å². The number of ether oxygens (including phenoxy) is 1. The average molecular weight is 329 g/mol. The van der Waals surface area contributed by atoms with Crippen LogP contribution in [0.25, 0.3) is 16.6 Å². The van der Waals surface area contributed by atoms with Gasteiger partial charge in [0.1, 0.15) is 11.5 Å². The van der Waals surface area contributed by atoms with Crippen LogP contribution in [0.3, 0.4) is 0 Å². The van der Waals surface area contributed by atoms with Gasteiger partial charge in [0, 0.05) is 18.5 Å². The maximum atomic E-state index is 14.2. The number of hydrogen-bond donors (Lipinski definition) is 1. The first-order chi connectivity index (χ1) is 11.7. The highest BCUT2D eigenvalue weighted by Gasteiger charge is 2.19. The van der Waals surface area contributed by atoms with Crippen molar-refractivity contribution in [3.63, 3.8) is 0 Å². The van der Waals surface area contributed by atoms with Crippen LogP contribution in [0.2, 0.25) is 0 Å². The number of nitrogens with one attached hydrogen (secondary N) is 1. The fraction of sp³-hybridized carbons (Fsp3) is 0.278. The van der Waals surface area contributed by atoms with E-state index in [9.17, 15) is 8.78 Å². The van der Waals surface area contributed by atoms with E-state index in [1.54, 1.807) is 0 Å². The number of halogens is 2. The third-order valence-corrected chi connectivity index (χ3v) is 4.31. The van der Waals surface area contributed by atoms with Crippen molar-refractivity contribution in [3.8, 4) is 11.6 Å². The van der Waals surface area contributed by atoms with E-state index in [1.165, 1.54) is 16.8 Å². The van der Waals surface area contributed by atoms with Crippen molar-refractivity contribution in [2.24, 2.45) is 5.92 Å². The van der Waals surface area contributed by atoms with Crippen molar-refractivity contribution in [2.75, 3.05) is 19.7 Å². The zero-order chi connectivity index (χ0) is 16.5. The van der Waals surface area contributed by atoms with Crippen LogP contribution in [0.15, 0.2) is 42.5 Å². The summed E-state index contributed by atoms with van der Waals surface area (Å²) in [6.45, 7) is 2.51. The van der Waals surface area contributed by atoms with Crippen molar-refractivity contribution < 1.29 is 13.5 Å². The van der Waals surface area contributed by atoms with Gasteiger partial charge in [-0.25, -0.2) is 13.5 Å². The molecule has 4 nitrogen and oxygen atoms in total. The van der Waals surface area contributed by atoms with Gasteiger partial charge in [0.25, 0.3) is 0 Å². The largest absolute Gasteiger partial charge is 0.476 e. The molecule has 4 rings (SSSR count). The molecular weight excluding hydrogens is 312 g/mol. The number of benzene rings is 2. The highest BCUT2D eigenvalue weighted by Crippen LogP contribution is 2.29. The second-order valence-electron chi connectivity index (χ2n) is 6.00. The molecule has 0 saturated carbocycles. The van der Waals surface area contributed by atoms with Gasteiger partial charge < -0.3 is 10.1 Å². The molecule has 0 bridgehead atoms. The number of nitrogens with zero attached hydrogens (tertiary/aromatic N) is 2. The summed E-state index contributed by atoms with van der Waals surface area (Å²) in [6, 6.07) is 10.9. The second-order valence-corrected chi connectivity index (χ2v) is 6.00. The van der Waals surface area contributed by atoms with Gasteiger partial charge >= 0.3 is 0 Å². The zero-order valence-corrected chi connectivity index (χ0v) is 13.0. The standard InChI is InChI=1S/C18H17F2N3O/c19-13-5-6-17(15(20)9-13)23-16-4-2-1-3-14(16)18(22-23)24-11-12-7-8-21-10-12/h1-6,9,12,21H,7-8,10-11H2/t12-/m1/s1. The van der Waals surface area contributed by atoms with Gasteiger partial charge in [-0.1, -0.05) is 12.1 Å². The van der Waals surface area contributed by atoms with E-state index in [0.717, 1.165) is 36.5 Å². The Bertz CT molecular complexity index is 872. The van der Waals surface area contributed by atoms with Crippen molar-refractivity contribution >= 4 is 10.9 Å². The quantitative estimate of drug-likeness (QED) is 0.798. The summed E-state index contributed by atoms with van der Waals surface area (Å²) in [7, 11) is 0. The molecule has 1 aliphatic rings. The molecule has 1 saturated heterocycles. The fourth-order valence-corrected chi connectivity index (χ4v) is 3.03. The summed E-state index contributed by atoms with van der Waals surface area (Å²) < 4.78 is 34.7. The minimum atomic E-state index is -0.658. The molecule has 0 spiro atoms. The first-order valence-electron chi connectivity index (χ1n) is 7.99. The normalized spacial score (nSPS) is 17.5. The minimum absolute atomic E-state index is 0.199. The zero-order valence-electron chi connectivity index (χ0n) is 13.0. The maximum absolute atomic E-state index is 14.2. The van der Waals surface area contributed by atoms with Crippen LogP contribution in [-0.4, -0.2) is 29.5 Å². The molecule has 0 radical (unpaired) electrons. The molecule has 1 N–H and O–H groups in total. The van der Waals surface area contributed by atoms with E-state index in [1.807, 2.05) is 24.3 Å². The second kappa shape index (κ2) is 6.20. The van der Waals surface area contributed by atoms with Gasteiger partial charge in [-0.05, 0) is 37.2 Å². The van der Waals surface area contributed by atoms with Gasteiger partial charge in [-0.2, -0.15) is 0 Å². The first kappa shape index (κ1) is 15.1. The smallest absolute Gasteiger partial charge is 0.241 e. The molecule has 0 amide bonds. The van der Waals surface area contributed by atoms with Crippen molar-refractivity contribution in [1.82, 2.24) is 15.1 Å². The Morgan fingerprint density at radius 1 is 1.21 bits per heavy atom. The van der Waals surface area contributed by atoms with Crippen LogP contribution < -0.4 is 10.1 Å². The highest BCUT2D eigenvalue weighted by molar-refractivity contribution is 5.86. The summed E-state index contributed by atoms with van der Waals surface area (Å²) in [5, 5.41) is 8.53. The SMILES string of the molecule is Fc1ccc(-n2nc(OC[C@@H]3CCNC3)c3ccccc32)c(F)c1. The third kappa shape index (κ3) is 2.73. The van der Waals surface area contributed by atoms with Crippen molar-refractivity contribution in [1.29, 1.82) is 0 Å². The molecular formula is C18H17F2N3O. The van der Waals surface area contributed by atoms with Crippen LogP contribution >= 0.6 is 0 Å².